The molecule has 2 aromatic heterocycles. The van der Waals surface area contributed by atoms with Crippen LogP contribution in [-0.4, -0.2) is 0 Å². The molecule has 2 aliphatic rings. The summed E-state index contributed by atoms with van der Waals surface area (Å²) >= 11 is 3.77. The molecule has 0 aliphatic heterocycles. The third-order valence-electron chi connectivity index (χ3n) is 29.0. The molecule has 0 saturated carbocycles. The van der Waals surface area contributed by atoms with Gasteiger partial charge in [0.15, 0.2) is 0 Å². The minimum absolute atomic E-state index is 0.257. The number of benzene rings is 23. The van der Waals surface area contributed by atoms with Crippen molar-refractivity contribution in [1.82, 2.24) is 0 Å². The van der Waals surface area contributed by atoms with Gasteiger partial charge in [0.1, 0.15) is 0 Å². The van der Waals surface area contributed by atoms with Crippen LogP contribution >= 0.6 is 22.7 Å². The standard InChI is InChI=1S/C67H46N2S.C63H44N2S/c1-67(2)62-41-48(35-38-57(62)58-39-36-49(42-63(58)67)69(45-18-4-3-5-19-45)64-28-14-17-43-16-6-7-20-50(43)64)68(47-34-37-56-54-23-9-8-21-52(54)53-22-10-11-24-55(53)61(56)40-47)46-32-30-44(31-33-46)51-26-15-27-60-59-25-12-13-29-65(59)70-66(51)60;1-63(2)59-39-46(64(42-16-5-3-6-17-42)43-18-7-4-8-19-43)33-36-54(59)55-37-34-47(40-60(55)63)65(45-32-35-53-51-22-10-9-20-49(51)50-21-11-12-23-52(50)58(53)38-45)44-30-28-41(29-31-44)48-25-15-26-57-56-24-13-14-27-61(56)66-62(48)57/h3-42H,1-2H3;3-40H,1-2H3. The van der Waals surface area contributed by atoms with Crippen LogP contribution in [0.2, 0.25) is 0 Å². The first-order chi connectivity index (χ1) is 67.0. The van der Waals surface area contributed by atoms with Crippen LogP contribution in [0.4, 0.5) is 68.2 Å². The summed E-state index contributed by atoms with van der Waals surface area (Å²) in [5, 5.41) is 23.0. The first-order valence-corrected chi connectivity index (χ1v) is 48.7. The van der Waals surface area contributed by atoms with Gasteiger partial charge in [-0.05, 0) is 288 Å². The number of anilines is 12. The van der Waals surface area contributed by atoms with Crippen molar-refractivity contribution in [1.29, 1.82) is 0 Å². The monoisotopic (exact) mass is 1770 g/mol. The first kappa shape index (κ1) is 80.4. The van der Waals surface area contributed by atoms with E-state index < -0.39 is 0 Å². The maximum atomic E-state index is 2.47. The average molecular weight is 1770 g/mol. The van der Waals surface area contributed by atoms with Crippen molar-refractivity contribution < 1.29 is 0 Å². The summed E-state index contributed by atoms with van der Waals surface area (Å²) in [6, 6.07) is 175. The van der Waals surface area contributed by atoms with Crippen LogP contribution in [0.15, 0.2) is 473 Å². The summed E-state index contributed by atoms with van der Waals surface area (Å²) in [5.74, 6) is 0. The average Bonchev–Trinajstić information content (AvgIpc) is 1.55. The van der Waals surface area contributed by atoms with E-state index in [2.05, 4.69) is 520 Å². The molecule has 2 aliphatic carbocycles. The Morgan fingerprint density at radius 1 is 0.162 bits per heavy atom. The molecule has 0 radical (unpaired) electrons. The quantitative estimate of drug-likeness (QED) is 0.101. The highest BCUT2D eigenvalue weighted by Gasteiger charge is 2.40. The third kappa shape index (κ3) is 13.1. The Morgan fingerprint density at radius 3 is 0.787 bits per heavy atom. The molecule has 0 N–H and O–H groups in total. The second-order valence-corrected chi connectivity index (χ2v) is 39.4. The molecule has 6 heteroatoms. The SMILES string of the molecule is CC1(C)c2cc(N(c3ccc(-c4cccc5c4sc4ccccc45)cc3)c3ccc4c5ccccc5c5ccccc5c4c3)ccc2-c2ccc(N(c3ccccc3)c3cccc4ccccc34)cc21.CC1(C)c2cc(N(c3ccccc3)c3ccccc3)ccc2-c2ccc(N(c3ccc(-c4cccc5c4sc4ccccc45)cc3)c3ccc4c5ccccc5c5ccccc5c4c3)cc21. The second-order valence-electron chi connectivity index (χ2n) is 37.3. The van der Waals surface area contributed by atoms with Crippen LogP contribution < -0.4 is 19.6 Å². The minimum atomic E-state index is -0.283. The lowest BCUT2D eigenvalue weighted by atomic mass is 9.82. The Balaban J connectivity index is 0.000000141. The molecule has 0 amide bonds. The van der Waals surface area contributed by atoms with Crippen LogP contribution in [0.5, 0.6) is 0 Å². The van der Waals surface area contributed by atoms with E-state index in [1.165, 1.54) is 183 Å². The van der Waals surface area contributed by atoms with Crippen LogP contribution in [0.25, 0.3) is 160 Å². The highest BCUT2D eigenvalue weighted by Crippen LogP contribution is 2.57. The van der Waals surface area contributed by atoms with E-state index in [0.717, 1.165) is 68.2 Å². The van der Waals surface area contributed by atoms with Gasteiger partial charge in [0.05, 0.1) is 5.69 Å². The Kier molecular flexibility index (Phi) is 19.0. The van der Waals surface area contributed by atoms with Gasteiger partial charge >= 0.3 is 0 Å². The molecule has 0 atom stereocenters. The molecule has 2 heterocycles. The Bertz CT molecular complexity index is 9010. The molecule has 642 valence electrons. The van der Waals surface area contributed by atoms with E-state index in [1.54, 1.807) is 0 Å². The summed E-state index contributed by atoms with van der Waals surface area (Å²) in [6.07, 6.45) is 0. The van der Waals surface area contributed by atoms with Gasteiger partial charge in [-0.25, -0.2) is 0 Å². The van der Waals surface area contributed by atoms with Gasteiger partial charge in [0.2, 0.25) is 0 Å². The van der Waals surface area contributed by atoms with E-state index in [4.69, 9.17) is 0 Å². The van der Waals surface area contributed by atoms with Crippen molar-refractivity contribution in [3.63, 3.8) is 0 Å². The molecule has 0 fully saturated rings. The van der Waals surface area contributed by atoms with Gasteiger partial charge < -0.3 is 19.6 Å². The lowest BCUT2D eigenvalue weighted by Crippen LogP contribution is -2.17. The number of thiophene rings is 2. The largest absolute Gasteiger partial charge is 0.310 e. The van der Waals surface area contributed by atoms with Crippen LogP contribution in [-0.2, 0) is 10.8 Å². The fourth-order valence-electron chi connectivity index (χ4n) is 22.5. The molecule has 27 rings (SSSR count). The number of hydrogen-bond acceptors (Lipinski definition) is 6. The fourth-order valence-corrected chi connectivity index (χ4v) is 25.0. The number of nitrogens with zero attached hydrogens (tertiary/aromatic N) is 4. The van der Waals surface area contributed by atoms with E-state index in [9.17, 15) is 0 Å². The van der Waals surface area contributed by atoms with Crippen molar-refractivity contribution in [2.75, 3.05) is 19.6 Å². The normalized spacial score (nSPS) is 12.8. The minimum Gasteiger partial charge on any atom is -0.310 e. The molecule has 25 aromatic rings. The van der Waals surface area contributed by atoms with Gasteiger partial charge in [-0.2, -0.15) is 0 Å². The number of hydrogen-bond donors (Lipinski definition) is 0. The number of para-hydroxylation sites is 3. The van der Waals surface area contributed by atoms with Gasteiger partial charge in [-0.15, -0.1) is 22.7 Å². The third-order valence-corrected chi connectivity index (χ3v) is 31.5. The summed E-state index contributed by atoms with van der Waals surface area (Å²) in [4.78, 5) is 9.72. The Morgan fingerprint density at radius 2 is 0.412 bits per heavy atom. The van der Waals surface area contributed by atoms with Crippen molar-refractivity contribution in [2.24, 2.45) is 0 Å². The molecule has 4 nitrogen and oxygen atoms in total. The van der Waals surface area contributed by atoms with Crippen LogP contribution in [0.3, 0.4) is 0 Å². The topological polar surface area (TPSA) is 13.0 Å². The maximum Gasteiger partial charge on any atom is 0.0540 e. The lowest BCUT2D eigenvalue weighted by molar-refractivity contribution is 0.660. The zero-order chi connectivity index (χ0) is 90.4. The summed E-state index contributed by atoms with van der Waals surface area (Å²) in [5.41, 5.74) is 28.5. The van der Waals surface area contributed by atoms with Crippen molar-refractivity contribution in [2.45, 2.75) is 38.5 Å². The van der Waals surface area contributed by atoms with Gasteiger partial charge in [0, 0.05) is 119 Å². The van der Waals surface area contributed by atoms with Gasteiger partial charge in [0.25, 0.3) is 0 Å². The molecule has 136 heavy (non-hydrogen) atoms. The zero-order valence-corrected chi connectivity index (χ0v) is 77.3. The molecular weight excluding hydrogens is 1680 g/mol. The molecule has 0 bridgehead atoms. The summed E-state index contributed by atoms with van der Waals surface area (Å²) < 4.78 is 5.30. The molecular formula is C130H90N4S2. The maximum absolute atomic E-state index is 2.47. The van der Waals surface area contributed by atoms with Crippen molar-refractivity contribution in [3.05, 3.63) is 495 Å². The van der Waals surface area contributed by atoms with E-state index in [1.807, 2.05) is 22.7 Å². The molecule has 23 aromatic carbocycles. The van der Waals surface area contributed by atoms with Gasteiger partial charge in [-0.1, -0.05) is 349 Å². The lowest BCUT2D eigenvalue weighted by Gasteiger charge is -2.30. The van der Waals surface area contributed by atoms with E-state index in [0.29, 0.717) is 0 Å². The van der Waals surface area contributed by atoms with Gasteiger partial charge in [-0.3, -0.25) is 0 Å². The van der Waals surface area contributed by atoms with E-state index >= 15 is 0 Å². The number of fused-ring (bicyclic) bond motifs is 25. The van der Waals surface area contributed by atoms with Crippen LogP contribution in [0.1, 0.15) is 49.9 Å². The summed E-state index contributed by atoms with van der Waals surface area (Å²) in [6.45, 7) is 9.58. The smallest absolute Gasteiger partial charge is 0.0540 e. The molecule has 0 saturated heterocycles. The molecule has 0 unspecified atom stereocenters. The summed E-state index contributed by atoms with van der Waals surface area (Å²) in [7, 11) is 0. The fraction of sp³-hybridized carbons (Fsp3) is 0.0462. The highest BCUT2D eigenvalue weighted by molar-refractivity contribution is 7.26. The van der Waals surface area contributed by atoms with Crippen molar-refractivity contribution in [3.8, 4) is 44.5 Å². The molecule has 0 spiro atoms. The van der Waals surface area contributed by atoms with Crippen molar-refractivity contribution >= 4 is 207 Å². The predicted octanol–water partition coefficient (Wildman–Crippen LogP) is 38.0. The Labute approximate surface area is 798 Å². The highest BCUT2D eigenvalue weighted by atomic mass is 32.1. The van der Waals surface area contributed by atoms with E-state index in [-0.39, 0.29) is 10.8 Å². The first-order valence-electron chi connectivity index (χ1n) is 47.1. The number of rotatable bonds is 14. The zero-order valence-electron chi connectivity index (χ0n) is 75.6. The predicted molar refractivity (Wildman–Crippen MR) is 586 cm³/mol. The van der Waals surface area contributed by atoms with Crippen LogP contribution in [0, 0.1) is 0 Å². The Hall–Kier alpha value is -16.5. The second kappa shape index (κ2) is 32.2.